The molecule has 0 unspecified atom stereocenters. The van der Waals surface area contributed by atoms with Gasteiger partial charge in [0.25, 0.3) is 0 Å². The third kappa shape index (κ3) is 3.08. The van der Waals surface area contributed by atoms with E-state index in [0.29, 0.717) is 0 Å². The number of allylic oxidation sites excluding steroid dienone is 1. The zero-order valence-electron chi connectivity index (χ0n) is 7.08. The predicted molar refractivity (Wildman–Crippen MR) is 47.2 cm³/mol. The summed E-state index contributed by atoms with van der Waals surface area (Å²) >= 11 is 0. The van der Waals surface area contributed by atoms with Crippen LogP contribution in [0.5, 0.6) is 0 Å². The van der Waals surface area contributed by atoms with Gasteiger partial charge in [0.15, 0.2) is 0 Å². The van der Waals surface area contributed by atoms with E-state index >= 15 is 0 Å². The fraction of sp³-hybridized carbons (Fsp3) is 0.400. The van der Waals surface area contributed by atoms with Gasteiger partial charge in [0.2, 0.25) is 0 Å². The molecule has 0 amide bonds. The molecular formula is C10H14O. The summed E-state index contributed by atoms with van der Waals surface area (Å²) in [5, 5.41) is 0. The molecule has 1 nitrogen and oxygen atoms in total. The third-order valence-electron chi connectivity index (χ3n) is 1.43. The molecule has 0 bridgehead atoms. The summed E-state index contributed by atoms with van der Waals surface area (Å²) in [5.41, 5.74) is 0. The van der Waals surface area contributed by atoms with Crippen LogP contribution in [0.15, 0.2) is 28.9 Å². The molecule has 0 aromatic carbocycles. The maximum atomic E-state index is 5.13. The van der Waals surface area contributed by atoms with Crippen LogP contribution < -0.4 is 0 Å². The van der Waals surface area contributed by atoms with Gasteiger partial charge in [0.1, 0.15) is 5.76 Å². The first-order valence-electron chi connectivity index (χ1n) is 3.99. The average molecular weight is 150 g/mol. The molecule has 1 heterocycles. The second-order valence-electron chi connectivity index (χ2n) is 3.05. The fourth-order valence-electron chi connectivity index (χ4n) is 0.842. The summed E-state index contributed by atoms with van der Waals surface area (Å²) in [5.74, 6) is 1.66. The Bertz CT molecular complexity index is 207. The molecule has 0 aliphatic carbocycles. The van der Waals surface area contributed by atoms with Gasteiger partial charge in [0, 0.05) is 0 Å². The van der Waals surface area contributed by atoms with Crippen LogP contribution in [0.2, 0.25) is 0 Å². The molecule has 0 aliphatic heterocycles. The molecule has 0 radical (unpaired) electrons. The topological polar surface area (TPSA) is 13.1 Å². The number of rotatable bonds is 3. The highest BCUT2D eigenvalue weighted by atomic mass is 16.3. The van der Waals surface area contributed by atoms with Crippen molar-refractivity contribution >= 4 is 6.08 Å². The van der Waals surface area contributed by atoms with Crippen LogP contribution in [0.1, 0.15) is 26.0 Å². The van der Waals surface area contributed by atoms with Crippen LogP contribution in [0.4, 0.5) is 0 Å². The van der Waals surface area contributed by atoms with Gasteiger partial charge < -0.3 is 4.42 Å². The Hall–Kier alpha value is -0.980. The van der Waals surface area contributed by atoms with E-state index in [9.17, 15) is 0 Å². The SMILES string of the molecule is CC(C)C/C=C/c1ccco1. The van der Waals surface area contributed by atoms with Crippen molar-refractivity contribution in [3.8, 4) is 0 Å². The van der Waals surface area contributed by atoms with Crippen molar-refractivity contribution in [2.24, 2.45) is 5.92 Å². The normalized spacial score (nSPS) is 11.5. The molecule has 1 aromatic rings. The lowest BCUT2D eigenvalue weighted by atomic mass is 10.1. The van der Waals surface area contributed by atoms with Gasteiger partial charge in [-0.15, -0.1) is 0 Å². The molecule has 0 spiro atoms. The zero-order chi connectivity index (χ0) is 8.10. The molecule has 1 aromatic heterocycles. The predicted octanol–water partition coefficient (Wildman–Crippen LogP) is 3.34. The summed E-state index contributed by atoms with van der Waals surface area (Å²) in [6.45, 7) is 4.40. The highest BCUT2D eigenvalue weighted by molar-refractivity contribution is 5.41. The first-order chi connectivity index (χ1) is 5.29. The smallest absolute Gasteiger partial charge is 0.126 e. The molecule has 0 saturated carbocycles. The van der Waals surface area contributed by atoms with Crippen molar-refractivity contribution in [2.75, 3.05) is 0 Å². The summed E-state index contributed by atoms with van der Waals surface area (Å²) in [6.07, 6.45) is 6.96. The molecule has 0 N–H and O–H groups in total. The van der Waals surface area contributed by atoms with E-state index in [0.717, 1.165) is 18.1 Å². The van der Waals surface area contributed by atoms with E-state index in [1.54, 1.807) is 6.26 Å². The molecule has 60 valence electrons. The molecule has 0 atom stereocenters. The van der Waals surface area contributed by atoms with Gasteiger partial charge in [0.05, 0.1) is 6.26 Å². The van der Waals surface area contributed by atoms with Crippen LogP contribution in [0.3, 0.4) is 0 Å². The summed E-state index contributed by atoms with van der Waals surface area (Å²) in [7, 11) is 0. The monoisotopic (exact) mass is 150 g/mol. The molecule has 0 saturated heterocycles. The third-order valence-corrected chi connectivity index (χ3v) is 1.43. The minimum absolute atomic E-state index is 0.723. The Morgan fingerprint density at radius 2 is 2.36 bits per heavy atom. The standard InChI is InChI=1S/C10H14O/c1-9(2)5-3-6-10-7-4-8-11-10/h3-4,6-9H,5H2,1-2H3/b6-3+. The Labute approximate surface area is 67.7 Å². The summed E-state index contributed by atoms with van der Waals surface area (Å²) < 4.78 is 5.13. The maximum Gasteiger partial charge on any atom is 0.126 e. The van der Waals surface area contributed by atoms with Gasteiger partial charge >= 0.3 is 0 Å². The van der Waals surface area contributed by atoms with E-state index in [-0.39, 0.29) is 0 Å². The molecule has 11 heavy (non-hydrogen) atoms. The van der Waals surface area contributed by atoms with Gasteiger partial charge in [-0.2, -0.15) is 0 Å². The van der Waals surface area contributed by atoms with E-state index in [1.165, 1.54) is 0 Å². The van der Waals surface area contributed by atoms with Gasteiger partial charge in [-0.05, 0) is 30.5 Å². The van der Waals surface area contributed by atoms with E-state index in [2.05, 4.69) is 19.9 Å². The quantitative estimate of drug-likeness (QED) is 0.644. The van der Waals surface area contributed by atoms with E-state index < -0.39 is 0 Å². The Kier molecular flexibility index (Phi) is 2.96. The average Bonchev–Trinajstić information content (AvgIpc) is 2.39. The molecular weight excluding hydrogens is 136 g/mol. The van der Waals surface area contributed by atoms with Crippen LogP contribution >= 0.6 is 0 Å². The van der Waals surface area contributed by atoms with Crippen LogP contribution in [-0.2, 0) is 0 Å². The van der Waals surface area contributed by atoms with Gasteiger partial charge in [-0.25, -0.2) is 0 Å². The molecule has 0 aliphatic rings. The van der Waals surface area contributed by atoms with Crippen molar-refractivity contribution in [1.29, 1.82) is 0 Å². The Balaban J connectivity index is 2.37. The summed E-state index contributed by atoms with van der Waals surface area (Å²) in [4.78, 5) is 0. The second-order valence-corrected chi connectivity index (χ2v) is 3.05. The first-order valence-corrected chi connectivity index (χ1v) is 3.99. The minimum atomic E-state index is 0.723. The van der Waals surface area contributed by atoms with Crippen molar-refractivity contribution in [3.05, 3.63) is 30.2 Å². The zero-order valence-corrected chi connectivity index (χ0v) is 7.08. The van der Waals surface area contributed by atoms with Crippen molar-refractivity contribution in [1.82, 2.24) is 0 Å². The van der Waals surface area contributed by atoms with Crippen LogP contribution in [0.25, 0.3) is 6.08 Å². The highest BCUT2D eigenvalue weighted by Crippen LogP contribution is 2.06. The number of hydrogen-bond acceptors (Lipinski definition) is 1. The van der Waals surface area contributed by atoms with Gasteiger partial charge in [-0.1, -0.05) is 19.9 Å². The maximum absolute atomic E-state index is 5.13. The summed E-state index contributed by atoms with van der Waals surface area (Å²) in [6, 6.07) is 3.85. The van der Waals surface area contributed by atoms with E-state index in [4.69, 9.17) is 4.42 Å². The Morgan fingerprint density at radius 1 is 1.55 bits per heavy atom. The minimum Gasteiger partial charge on any atom is -0.465 e. The second kappa shape index (κ2) is 4.02. The van der Waals surface area contributed by atoms with Crippen molar-refractivity contribution in [3.63, 3.8) is 0 Å². The lowest BCUT2D eigenvalue weighted by molar-refractivity contribution is 0.556. The van der Waals surface area contributed by atoms with Crippen LogP contribution in [-0.4, -0.2) is 0 Å². The highest BCUT2D eigenvalue weighted by Gasteiger charge is 1.89. The van der Waals surface area contributed by atoms with E-state index in [1.807, 2.05) is 18.2 Å². The number of furan rings is 1. The van der Waals surface area contributed by atoms with Crippen molar-refractivity contribution < 1.29 is 4.42 Å². The number of hydrogen-bond donors (Lipinski definition) is 0. The van der Waals surface area contributed by atoms with Crippen molar-refractivity contribution in [2.45, 2.75) is 20.3 Å². The van der Waals surface area contributed by atoms with Crippen LogP contribution in [0, 0.1) is 5.92 Å². The Morgan fingerprint density at radius 3 is 2.91 bits per heavy atom. The molecule has 1 rings (SSSR count). The van der Waals surface area contributed by atoms with Gasteiger partial charge in [-0.3, -0.25) is 0 Å². The largest absolute Gasteiger partial charge is 0.465 e. The lowest BCUT2D eigenvalue weighted by Gasteiger charge is -1.94. The lowest BCUT2D eigenvalue weighted by Crippen LogP contribution is -1.80. The first kappa shape index (κ1) is 8.12. The fourth-order valence-corrected chi connectivity index (χ4v) is 0.842. The molecule has 0 fully saturated rings. The molecule has 1 heteroatoms.